The fourth-order valence-electron chi connectivity index (χ4n) is 2.97. The van der Waals surface area contributed by atoms with E-state index in [2.05, 4.69) is 43.3 Å². The molecule has 32 heavy (non-hydrogen) atoms. The van der Waals surface area contributed by atoms with Crippen LogP contribution in [0.25, 0.3) is 0 Å². The number of aliphatic hydroxyl groups excluding tert-OH is 1. The molecule has 0 aliphatic rings. The lowest BCUT2D eigenvalue weighted by Crippen LogP contribution is -2.27. The summed E-state index contributed by atoms with van der Waals surface area (Å²) in [6, 6.07) is 25.3. The van der Waals surface area contributed by atoms with Crippen molar-refractivity contribution in [1.29, 1.82) is 0 Å². The van der Waals surface area contributed by atoms with Gasteiger partial charge in [0, 0.05) is 12.7 Å². The topological polar surface area (TPSA) is 102 Å². The van der Waals surface area contributed by atoms with Gasteiger partial charge in [-0.1, -0.05) is 66.2 Å². The summed E-state index contributed by atoms with van der Waals surface area (Å²) in [5.74, 6) is 0.00440. The third-order valence-electron chi connectivity index (χ3n) is 4.81. The molecular formula is C26H31NO5. The van der Waals surface area contributed by atoms with E-state index in [1.165, 1.54) is 12.7 Å². The predicted molar refractivity (Wildman–Crippen MR) is 125 cm³/mol. The van der Waals surface area contributed by atoms with Crippen LogP contribution < -0.4 is 15.2 Å². The number of hydrogen-bond acceptors (Lipinski definition) is 5. The van der Waals surface area contributed by atoms with Gasteiger partial charge in [0.1, 0.15) is 11.5 Å². The molecule has 0 spiro atoms. The molecule has 2 unspecified atom stereocenters. The maximum Gasteiger partial charge on any atom is 0.344 e. The maximum absolute atomic E-state index is 10.9. The first-order chi connectivity index (χ1) is 15.4. The number of hydrogen-bond donors (Lipinski definition) is 3. The molecule has 3 aromatic carbocycles. The smallest absolute Gasteiger partial charge is 0.344 e. The van der Waals surface area contributed by atoms with E-state index in [1.807, 2.05) is 18.2 Å². The molecule has 0 amide bonds. The van der Waals surface area contributed by atoms with Gasteiger partial charge < -0.3 is 25.4 Å². The van der Waals surface area contributed by atoms with Gasteiger partial charge in [0.25, 0.3) is 0 Å². The number of carboxylic acids is 1. The van der Waals surface area contributed by atoms with Crippen LogP contribution in [-0.2, 0) is 4.79 Å². The molecule has 170 valence electrons. The average Bonchev–Trinajstić information content (AvgIpc) is 2.82. The zero-order valence-corrected chi connectivity index (χ0v) is 18.5. The van der Waals surface area contributed by atoms with Crippen molar-refractivity contribution in [1.82, 2.24) is 0 Å². The van der Waals surface area contributed by atoms with E-state index in [-0.39, 0.29) is 19.1 Å². The molecule has 6 nitrogen and oxygen atoms in total. The van der Waals surface area contributed by atoms with Crippen LogP contribution in [0.2, 0.25) is 0 Å². The standard InChI is InChI=1S/C14H15N.C12H16O5/c1-11-7-9-13(10-8-11)14(15)12-5-3-2-4-6-12;1-16-9-4-2-5-10(8-9)17-11(12(14)15)6-3-7-13/h2-10,14H,15H2,1H3;2,4-5,8,11,13H,3,6-7H2,1H3,(H,14,15). The minimum absolute atomic E-state index is 0.0215. The first-order valence-corrected chi connectivity index (χ1v) is 10.5. The number of ether oxygens (including phenoxy) is 2. The summed E-state index contributed by atoms with van der Waals surface area (Å²) in [5, 5.41) is 17.6. The van der Waals surface area contributed by atoms with Gasteiger partial charge in [0.2, 0.25) is 0 Å². The number of methoxy groups -OCH3 is 1. The van der Waals surface area contributed by atoms with Gasteiger partial charge >= 0.3 is 5.97 Å². The predicted octanol–water partition coefficient (Wildman–Crippen LogP) is 4.34. The molecular weight excluding hydrogens is 406 g/mol. The van der Waals surface area contributed by atoms with E-state index in [1.54, 1.807) is 24.3 Å². The Balaban J connectivity index is 0.000000228. The second-order valence-corrected chi connectivity index (χ2v) is 7.29. The van der Waals surface area contributed by atoms with E-state index in [0.29, 0.717) is 17.9 Å². The highest BCUT2D eigenvalue weighted by Gasteiger charge is 2.18. The normalized spacial score (nSPS) is 12.1. The van der Waals surface area contributed by atoms with Crippen LogP contribution in [-0.4, -0.2) is 36.0 Å². The number of aliphatic carboxylic acids is 1. The Bertz CT molecular complexity index is 944. The largest absolute Gasteiger partial charge is 0.497 e. The number of carbonyl (C=O) groups is 1. The second kappa shape index (κ2) is 13.1. The molecule has 0 fully saturated rings. The molecule has 0 aliphatic heterocycles. The van der Waals surface area contributed by atoms with Gasteiger partial charge in [-0.05, 0) is 43.0 Å². The highest BCUT2D eigenvalue weighted by atomic mass is 16.5. The zero-order chi connectivity index (χ0) is 23.3. The number of benzene rings is 3. The number of aryl methyl sites for hydroxylation is 1. The molecule has 0 radical (unpaired) electrons. The van der Waals surface area contributed by atoms with E-state index >= 15 is 0 Å². The van der Waals surface area contributed by atoms with E-state index in [4.69, 9.17) is 25.4 Å². The number of rotatable bonds is 9. The molecule has 3 rings (SSSR count). The van der Waals surface area contributed by atoms with Gasteiger partial charge in [-0.2, -0.15) is 0 Å². The fourth-order valence-corrected chi connectivity index (χ4v) is 2.97. The van der Waals surface area contributed by atoms with Crippen molar-refractivity contribution >= 4 is 5.97 Å². The van der Waals surface area contributed by atoms with Crippen LogP contribution in [0.15, 0.2) is 78.9 Å². The van der Waals surface area contributed by atoms with Gasteiger partial charge in [-0.25, -0.2) is 4.79 Å². The summed E-state index contributed by atoms with van der Waals surface area (Å²) in [4.78, 5) is 10.9. The van der Waals surface area contributed by atoms with Gasteiger partial charge in [0.05, 0.1) is 13.2 Å². The second-order valence-electron chi connectivity index (χ2n) is 7.29. The average molecular weight is 438 g/mol. The minimum atomic E-state index is -1.04. The fraction of sp³-hybridized carbons (Fsp3) is 0.269. The minimum Gasteiger partial charge on any atom is -0.497 e. The lowest BCUT2D eigenvalue weighted by molar-refractivity contribution is -0.145. The van der Waals surface area contributed by atoms with Crippen molar-refractivity contribution in [3.05, 3.63) is 95.6 Å². The Morgan fingerprint density at radius 1 is 0.938 bits per heavy atom. The molecule has 0 aromatic heterocycles. The molecule has 4 N–H and O–H groups in total. The molecule has 3 aromatic rings. The third-order valence-corrected chi connectivity index (χ3v) is 4.81. The van der Waals surface area contributed by atoms with Crippen molar-refractivity contribution in [2.24, 2.45) is 5.73 Å². The lowest BCUT2D eigenvalue weighted by Gasteiger charge is -2.15. The Hall–Kier alpha value is -3.35. The van der Waals surface area contributed by atoms with Gasteiger partial charge in [-0.15, -0.1) is 0 Å². The summed E-state index contributed by atoms with van der Waals surface area (Å²) in [6.45, 7) is 2.03. The van der Waals surface area contributed by atoms with Crippen LogP contribution in [0.4, 0.5) is 0 Å². The molecule has 0 saturated heterocycles. The zero-order valence-electron chi connectivity index (χ0n) is 18.5. The van der Waals surface area contributed by atoms with Crippen LogP contribution >= 0.6 is 0 Å². The van der Waals surface area contributed by atoms with E-state index in [9.17, 15) is 4.79 Å². The number of nitrogens with two attached hydrogens (primary N) is 1. The van der Waals surface area contributed by atoms with Crippen molar-refractivity contribution < 1.29 is 24.5 Å². The Kier molecular flexibility index (Phi) is 10.2. The van der Waals surface area contributed by atoms with Crippen molar-refractivity contribution in [2.45, 2.75) is 31.9 Å². The molecule has 6 heteroatoms. The van der Waals surface area contributed by atoms with Crippen LogP contribution in [0.1, 0.15) is 35.6 Å². The van der Waals surface area contributed by atoms with Crippen molar-refractivity contribution in [3.63, 3.8) is 0 Å². The summed E-state index contributed by atoms with van der Waals surface area (Å²) in [6.07, 6.45) is -0.293. The van der Waals surface area contributed by atoms with E-state index < -0.39 is 12.1 Å². The van der Waals surface area contributed by atoms with E-state index in [0.717, 1.165) is 11.1 Å². The molecule has 2 atom stereocenters. The maximum atomic E-state index is 10.9. The first-order valence-electron chi connectivity index (χ1n) is 10.5. The van der Waals surface area contributed by atoms with Crippen LogP contribution in [0.5, 0.6) is 11.5 Å². The van der Waals surface area contributed by atoms with Crippen LogP contribution in [0.3, 0.4) is 0 Å². The third kappa shape index (κ3) is 8.06. The summed E-state index contributed by atoms with van der Waals surface area (Å²) >= 11 is 0. The van der Waals surface area contributed by atoms with Crippen molar-refractivity contribution in [3.8, 4) is 11.5 Å². The summed E-state index contributed by atoms with van der Waals surface area (Å²) in [7, 11) is 1.53. The summed E-state index contributed by atoms with van der Waals surface area (Å²) < 4.78 is 10.3. The Labute approximate surface area is 189 Å². The lowest BCUT2D eigenvalue weighted by atomic mass is 9.99. The highest BCUT2D eigenvalue weighted by molar-refractivity contribution is 5.72. The first kappa shape index (κ1) is 24.9. The van der Waals surface area contributed by atoms with Crippen molar-refractivity contribution in [2.75, 3.05) is 13.7 Å². The van der Waals surface area contributed by atoms with Gasteiger partial charge in [-0.3, -0.25) is 0 Å². The summed E-state index contributed by atoms with van der Waals surface area (Å²) in [5.41, 5.74) is 9.74. The van der Waals surface area contributed by atoms with Gasteiger partial charge in [0.15, 0.2) is 6.10 Å². The molecule has 0 bridgehead atoms. The number of aliphatic hydroxyl groups is 1. The van der Waals surface area contributed by atoms with Crippen LogP contribution in [0, 0.1) is 6.92 Å². The molecule has 0 heterocycles. The SMILES string of the molecule is COc1cccc(OC(CCCO)C(=O)O)c1.Cc1ccc(C(N)c2ccccc2)cc1. The molecule has 0 saturated carbocycles. The number of carboxylic acid groups (broad SMARTS) is 1. The monoisotopic (exact) mass is 437 g/mol. The highest BCUT2D eigenvalue weighted by Crippen LogP contribution is 2.21. The quantitative estimate of drug-likeness (QED) is 0.460. The molecule has 0 aliphatic carbocycles. The Morgan fingerprint density at radius 3 is 2.16 bits per heavy atom. The Morgan fingerprint density at radius 2 is 1.56 bits per heavy atom.